The van der Waals surface area contributed by atoms with E-state index in [-0.39, 0.29) is 18.0 Å². The molecule has 0 radical (unpaired) electrons. The minimum atomic E-state index is -0.855. The number of aromatic nitrogens is 1. The van der Waals surface area contributed by atoms with E-state index in [2.05, 4.69) is 4.98 Å². The third kappa shape index (κ3) is 3.49. The zero-order valence-electron chi connectivity index (χ0n) is 10.1. The Labute approximate surface area is 115 Å². The SMILES string of the molecule is NC(Cc1ccncc1Cl)Cc1cccc(F)c1F. The van der Waals surface area contributed by atoms with Crippen LogP contribution in [-0.2, 0) is 12.8 Å². The highest BCUT2D eigenvalue weighted by atomic mass is 35.5. The van der Waals surface area contributed by atoms with Crippen molar-refractivity contribution in [3.8, 4) is 0 Å². The van der Waals surface area contributed by atoms with Crippen molar-refractivity contribution in [1.82, 2.24) is 4.98 Å². The van der Waals surface area contributed by atoms with Crippen molar-refractivity contribution in [2.24, 2.45) is 5.73 Å². The zero-order valence-corrected chi connectivity index (χ0v) is 10.9. The van der Waals surface area contributed by atoms with Crippen LogP contribution >= 0.6 is 11.6 Å². The lowest BCUT2D eigenvalue weighted by molar-refractivity contribution is 0.492. The van der Waals surface area contributed by atoms with Crippen molar-refractivity contribution < 1.29 is 8.78 Å². The van der Waals surface area contributed by atoms with Crippen LogP contribution in [0.25, 0.3) is 0 Å². The quantitative estimate of drug-likeness (QED) is 0.936. The highest BCUT2D eigenvalue weighted by Gasteiger charge is 2.13. The van der Waals surface area contributed by atoms with Crippen LogP contribution in [0.2, 0.25) is 5.02 Å². The van der Waals surface area contributed by atoms with Crippen molar-refractivity contribution in [2.75, 3.05) is 0 Å². The van der Waals surface area contributed by atoms with Crippen molar-refractivity contribution in [3.05, 3.63) is 64.4 Å². The van der Waals surface area contributed by atoms with Crippen LogP contribution in [0.5, 0.6) is 0 Å². The second kappa shape index (κ2) is 6.08. The molecule has 1 unspecified atom stereocenters. The highest BCUT2D eigenvalue weighted by molar-refractivity contribution is 6.31. The molecule has 2 N–H and O–H groups in total. The summed E-state index contributed by atoms with van der Waals surface area (Å²) in [4.78, 5) is 3.88. The molecule has 0 spiro atoms. The van der Waals surface area contributed by atoms with Crippen molar-refractivity contribution in [2.45, 2.75) is 18.9 Å². The van der Waals surface area contributed by atoms with Crippen molar-refractivity contribution in [1.29, 1.82) is 0 Å². The summed E-state index contributed by atoms with van der Waals surface area (Å²) in [5, 5.41) is 0.526. The molecule has 100 valence electrons. The molecule has 0 saturated carbocycles. The molecule has 0 amide bonds. The Kier molecular flexibility index (Phi) is 4.45. The van der Waals surface area contributed by atoms with E-state index in [1.54, 1.807) is 12.3 Å². The van der Waals surface area contributed by atoms with Gasteiger partial charge in [0.2, 0.25) is 0 Å². The fraction of sp³-hybridized carbons (Fsp3) is 0.214. The van der Waals surface area contributed by atoms with E-state index in [0.717, 1.165) is 11.6 Å². The van der Waals surface area contributed by atoms with Crippen LogP contribution in [0.15, 0.2) is 36.7 Å². The largest absolute Gasteiger partial charge is 0.327 e. The van der Waals surface area contributed by atoms with E-state index < -0.39 is 11.6 Å². The lowest BCUT2D eigenvalue weighted by atomic mass is 10.00. The minimum Gasteiger partial charge on any atom is -0.327 e. The first-order chi connectivity index (χ1) is 9.08. The van der Waals surface area contributed by atoms with Gasteiger partial charge in [-0.1, -0.05) is 23.7 Å². The van der Waals surface area contributed by atoms with Gasteiger partial charge in [-0.3, -0.25) is 4.98 Å². The maximum atomic E-state index is 13.5. The molecule has 19 heavy (non-hydrogen) atoms. The first kappa shape index (κ1) is 13.9. The maximum absolute atomic E-state index is 13.5. The summed E-state index contributed by atoms with van der Waals surface area (Å²) in [6.07, 6.45) is 3.89. The molecule has 0 bridgehead atoms. The molecule has 1 heterocycles. The molecular formula is C14H13ClF2N2. The fourth-order valence-corrected chi connectivity index (χ4v) is 2.11. The Balaban J connectivity index is 2.08. The van der Waals surface area contributed by atoms with E-state index in [4.69, 9.17) is 17.3 Å². The van der Waals surface area contributed by atoms with Gasteiger partial charge in [-0.2, -0.15) is 0 Å². The minimum absolute atomic E-state index is 0.252. The van der Waals surface area contributed by atoms with E-state index in [1.165, 1.54) is 18.3 Å². The first-order valence-corrected chi connectivity index (χ1v) is 6.22. The third-order valence-electron chi connectivity index (χ3n) is 2.85. The molecule has 5 heteroatoms. The van der Waals surface area contributed by atoms with Gasteiger partial charge in [-0.15, -0.1) is 0 Å². The van der Waals surface area contributed by atoms with Gasteiger partial charge in [0.1, 0.15) is 0 Å². The van der Waals surface area contributed by atoms with Crippen LogP contribution < -0.4 is 5.73 Å². The molecule has 1 aromatic carbocycles. The molecule has 2 rings (SSSR count). The summed E-state index contributed by atoms with van der Waals surface area (Å²) in [5.41, 5.74) is 7.08. The average molecular weight is 283 g/mol. The first-order valence-electron chi connectivity index (χ1n) is 5.84. The predicted octanol–water partition coefficient (Wildman–Crippen LogP) is 3.13. The number of rotatable bonds is 4. The van der Waals surface area contributed by atoms with Gasteiger partial charge in [-0.05, 0) is 36.1 Å². The van der Waals surface area contributed by atoms with E-state index in [9.17, 15) is 8.78 Å². The van der Waals surface area contributed by atoms with Crippen LogP contribution in [0.1, 0.15) is 11.1 Å². The standard InChI is InChI=1S/C14H13ClF2N2/c15-12-8-19-5-4-9(12)6-11(18)7-10-2-1-3-13(16)14(10)17/h1-5,8,11H,6-7,18H2. The molecule has 0 aliphatic heterocycles. The number of hydrogen-bond acceptors (Lipinski definition) is 2. The topological polar surface area (TPSA) is 38.9 Å². The fourth-order valence-electron chi connectivity index (χ4n) is 1.91. The number of nitrogens with two attached hydrogens (primary N) is 1. The Hall–Kier alpha value is -1.52. The van der Waals surface area contributed by atoms with Crippen LogP contribution in [-0.4, -0.2) is 11.0 Å². The summed E-state index contributed by atoms with van der Waals surface area (Å²) in [7, 11) is 0. The molecular weight excluding hydrogens is 270 g/mol. The van der Waals surface area contributed by atoms with Gasteiger partial charge in [0.05, 0.1) is 5.02 Å². The Morgan fingerprint density at radius 1 is 1.16 bits per heavy atom. The van der Waals surface area contributed by atoms with Gasteiger partial charge < -0.3 is 5.73 Å². The molecule has 2 aromatic rings. The monoisotopic (exact) mass is 282 g/mol. The summed E-state index contributed by atoms with van der Waals surface area (Å²) < 4.78 is 26.6. The lowest BCUT2D eigenvalue weighted by Gasteiger charge is -2.13. The van der Waals surface area contributed by atoms with Gasteiger partial charge in [0.15, 0.2) is 11.6 Å². The summed E-state index contributed by atoms with van der Waals surface area (Å²) in [5.74, 6) is -1.69. The van der Waals surface area contributed by atoms with Crippen LogP contribution in [0.3, 0.4) is 0 Å². The smallest absolute Gasteiger partial charge is 0.162 e. The highest BCUT2D eigenvalue weighted by Crippen LogP contribution is 2.18. The molecule has 1 atom stereocenters. The summed E-state index contributed by atoms with van der Waals surface area (Å²) >= 11 is 5.98. The second-order valence-corrected chi connectivity index (χ2v) is 4.76. The predicted molar refractivity (Wildman–Crippen MR) is 71.0 cm³/mol. The Morgan fingerprint density at radius 3 is 2.63 bits per heavy atom. The maximum Gasteiger partial charge on any atom is 0.162 e. The number of halogens is 3. The molecule has 0 aliphatic carbocycles. The van der Waals surface area contributed by atoms with Crippen LogP contribution in [0.4, 0.5) is 8.78 Å². The molecule has 0 fully saturated rings. The summed E-state index contributed by atoms with van der Waals surface area (Å²) in [6.45, 7) is 0. The Morgan fingerprint density at radius 2 is 1.89 bits per heavy atom. The average Bonchev–Trinajstić information content (AvgIpc) is 2.38. The summed E-state index contributed by atoms with van der Waals surface area (Å²) in [6, 6.07) is 5.52. The molecule has 1 aromatic heterocycles. The van der Waals surface area contributed by atoms with Gasteiger partial charge >= 0.3 is 0 Å². The number of nitrogens with zero attached hydrogens (tertiary/aromatic N) is 1. The molecule has 0 saturated heterocycles. The van der Waals surface area contributed by atoms with Gasteiger partial charge in [-0.25, -0.2) is 8.78 Å². The van der Waals surface area contributed by atoms with E-state index >= 15 is 0 Å². The molecule has 2 nitrogen and oxygen atoms in total. The van der Waals surface area contributed by atoms with Crippen molar-refractivity contribution in [3.63, 3.8) is 0 Å². The molecule has 0 aliphatic rings. The normalized spacial score (nSPS) is 12.4. The number of hydrogen-bond donors (Lipinski definition) is 1. The van der Waals surface area contributed by atoms with E-state index in [1.807, 2.05) is 0 Å². The zero-order chi connectivity index (χ0) is 13.8. The number of pyridine rings is 1. The van der Waals surface area contributed by atoms with Gasteiger partial charge in [0.25, 0.3) is 0 Å². The van der Waals surface area contributed by atoms with Gasteiger partial charge in [0, 0.05) is 18.4 Å². The van der Waals surface area contributed by atoms with Crippen LogP contribution in [0, 0.1) is 11.6 Å². The van der Waals surface area contributed by atoms with Crippen molar-refractivity contribution >= 4 is 11.6 Å². The third-order valence-corrected chi connectivity index (χ3v) is 3.19. The Bertz CT molecular complexity index is 575. The van der Waals surface area contributed by atoms with E-state index in [0.29, 0.717) is 11.4 Å². The number of benzene rings is 1. The lowest BCUT2D eigenvalue weighted by Crippen LogP contribution is -2.26. The second-order valence-electron chi connectivity index (χ2n) is 4.35.